The summed E-state index contributed by atoms with van der Waals surface area (Å²) in [5, 5.41) is 19.0. The molecule has 1 unspecified atom stereocenters. The number of carbonyl (C=O) groups is 1. The quantitative estimate of drug-likeness (QED) is 0.884. The molecule has 0 saturated carbocycles. The van der Waals surface area contributed by atoms with Gasteiger partial charge in [0.05, 0.1) is 6.04 Å². The smallest absolute Gasteiger partial charge is 0.356 e. The number of nitrogens with one attached hydrogen (secondary N) is 1. The van der Waals surface area contributed by atoms with Crippen LogP contribution in [-0.4, -0.2) is 21.3 Å². The number of carboxylic acid groups (broad SMARTS) is 1. The number of aromatic carboxylic acids is 1. The van der Waals surface area contributed by atoms with Gasteiger partial charge >= 0.3 is 5.97 Å². The number of nitrogens with zero attached hydrogens (tertiary/aromatic N) is 2. The van der Waals surface area contributed by atoms with Crippen LogP contribution in [-0.2, 0) is 0 Å². The molecule has 6 heteroatoms. The lowest BCUT2D eigenvalue weighted by Gasteiger charge is -2.14. The van der Waals surface area contributed by atoms with Crippen molar-refractivity contribution in [3.8, 4) is 0 Å². The number of carboxylic acids is 1. The second-order valence-electron chi connectivity index (χ2n) is 4.03. The van der Waals surface area contributed by atoms with Gasteiger partial charge in [-0.2, -0.15) is 0 Å². The standard InChI is InChI=1S/C13H12FN3O2/c1-8(9-3-2-4-10(14)7-9)15-12-6-5-11(13(18)19)16-17-12/h2-8H,1H3,(H,15,17)(H,18,19). The number of anilines is 1. The van der Waals surface area contributed by atoms with Crippen molar-refractivity contribution in [2.24, 2.45) is 0 Å². The van der Waals surface area contributed by atoms with E-state index < -0.39 is 5.97 Å². The molecule has 2 rings (SSSR count). The van der Waals surface area contributed by atoms with E-state index in [-0.39, 0.29) is 17.6 Å². The Labute approximate surface area is 109 Å². The highest BCUT2D eigenvalue weighted by Gasteiger charge is 2.09. The molecule has 0 aliphatic heterocycles. The molecule has 1 aromatic heterocycles. The fraction of sp³-hybridized carbons (Fsp3) is 0.154. The summed E-state index contributed by atoms with van der Waals surface area (Å²) in [6.45, 7) is 1.85. The summed E-state index contributed by atoms with van der Waals surface area (Å²) in [7, 11) is 0. The summed E-state index contributed by atoms with van der Waals surface area (Å²) in [5.41, 5.74) is 0.646. The van der Waals surface area contributed by atoms with Crippen LogP contribution in [0.1, 0.15) is 29.0 Å². The van der Waals surface area contributed by atoms with Crippen LogP contribution in [0.3, 0.4) is 0 Å². The van der Waals surface area contributed by atoms with Crippen LogP contribution in [0.25, 0.3) is 0 Å². The van der Waals surface area contributed by atoms with Crippen LogP contribution >= 0.6 is 0 Å². The van der Waals surface area contributed by atoms with Crippen LogP contribution < -0.4 is 5.32 Å². The molecule has 0 amide bonds. The molecule has 2 N–H and O–H groups in total. The maximum atomic E-state index is 13.1. The minimum absolute atomic E-state index is 0.121. The van der Waals surface area contributed by atoms with E-state index >= 15 is 0 Å². The predicted molar refractivity (Wildman–Crippen MR) is 67.4 cm³/mol. The number of rotatable bonds is 4. The summed E-state index contributed by atoms with van der Waals surface area (Å²) >= 11 is 0. The lowest BCUT2D eigenvalue weighted by molar-refractivity contribution is 0.0689. The first kappa shape index (κ1) is 12.9. The molecular formula is C13H12FN3O2. The first-order valence-electron chi connectivity index (χ1n) is 5.65. The van der Waals surface area contributed by atoms with Gasteiger partial charge in [-0.3, -0.25) is 0 Å². The van der Waals surface area contributed by atoms with Crippen molar-refractivity contribution in [2.45, 2.75) is 13.0 Å². The van der Waals surface area contributed by atoms with E-state index in [1.807, 2.05) is 6.92 Å². The molecular weight excluding hydrogens is 249 g/mol. The average Bonchev–Trinajstić information content (AvgIpc) is 2.39. The second kappa shape index (κ2) is 5.43. The van der Waals surface area contributed by atoms with Crippen molar-refractivity contribution in [3.63, 3.8) is 0 Å². The van der Waals surface area contributed by atoms with Gasteiger partial charge in [0.1, 0.15) is 11.6 Å². The molecule has 1 aromatic carbocycles. The number of aromatic nitrogens is 2. The zero-order chi connectivity index (χ0) is 13.8. The van der Waals surface area contributed by atoms with Crippen LogP contribution in [0.4, 0.5) is 10.2 Å². The average molecular weight is 261 g/mol. The number of hydrogen-bond acceptors (Lipinski definition) is 4. The molecule has 0 saturated heterocycles. The third-order valence-electron chi connectivity index (χ3n) is 2.60. The molecule has 5 nitrogen and oxygen atoms in total. The van der Waals surface area contributed by atoms with Crippen LogP contribution in [0.15, 0.2) is 36.4 Å². The Morgan fingerprint density at radius 3 is 2.68 bits per heavy atom. The van der Waals surface area contributed by atoms with Gasteiger partial charge in [-0.25, -0.2) is 9.18 Å². The molecule has 0 radical (unpaired) electrons. The van der Waals surface area contributed by atoms with E-state index in [1.54, 1.807) is 12.1 Å². The van der Waals surface area contributed by atoms with Gasteiger partial charge in [-0.15, -0.1) is 10.2 Å². The molecule has 0 bridgehead atoms. The Bertz CT molecular complexity index is 587. The van der Waals surface area contributed by atoms with Gasteiger partial charge in [0, 0.05) is 0 Å². The van der Waals surface area contributed by atoms with Gasteiger partial charge in [0.25, 0.3) is 0 Å². The van der Waals surface area contributed by atoms with Gasteiger partial charge in [-0.1, -0.05) is 12.1 Å². The first-order valence-corrected chi connectivity index (χ1v) is 5.65. The normalized spacial score (nSPS) is 11.9. The minimum atomic E-state index is -1.13. The van der Waals surface area contributed by atoms with Crippen molar-refractivity contribution in [1.82, 2.24) is 10.2 Å². The van der Waals surface area contributed by atoms with E-state index in [1.165, 1.54) is 24.3 Å². The molecule has 0 spiro atoms. The molecule has 2 aromatic rings. The third kappa shape index (κ3) is 3.25. The van der Waals surface area contributed by atoms with Crippen molar-refractivity contribution < 1.29 is 14.3 Å². The van der Waals surface area contributed by atoms with Crippen molar-refractivity contribution >= 4 is 11.8 Å². The molecule has 98 valence electrons. The second-order valence-corrected chi connectivity index (χ2v) is 4.03. The van der Waals surface area contributed by atoms with Gasteiger partial charge < -0.3 is 10.4 Å². The van der Waals surface area contributed by atoms with Gasteiger partial charge in [-0.05, 0) is 36.8 Å². The Morgan fingerprint density at radius 2 is 2.11 bits per heavy atom. The lowest BCUT2D eigenvalue weighted by Crippen LogP contribution is -2.10. The molecule has 19 heavy (non-hydrogen) atoms. The zero-order valence-corrected chi connectivity index (χ0v) is 10.2. The van der Waals surface area contributed by atoms with Crippen LogP contribution in [0.2, 0.25) is 0 Å². The van der Waals surface area contributed by atoms with Crippen LogP contribution in [0.5, 0.6) is 0 Å². The Morgan fingerprint density at radius 1 is 1.32 bits per heavy atom. The molecule has 1 heterocycles. The topological polar surface area (TPSA) is 75.1 Å². The third-order valence-corrected chi connectivity index (χ3v) is 2.60. The molecule has 1 atom stereocenters. The zero-order valence-electron chi connectivity index (χ0n) is 10.2. The summed E-state index contributed by atoms with van der Waals surface area (Å²) < 4.78 is 13.1. The van der Waals surface area contributed by atoms with Gasteiger partial charge in [0.2, 0.25) is 0 Å². The summed E-state index contributed by atoms with van der Waals surface area (Å²) in [5.74, 6) is -1.00. The minimum Gasteiger partial charge on any atom is -0.476 e. The van der Waals surface area contributed by atoms with Crippen molar-refractivity contribution in [3.05, 3.63) is 53.5 Å². The monoisotopic (exact) mass is 261 g/mol. The Hall–Kier alpha value is -2.50. The summed E-state index contributed by atoms with van der Waals surface area (Å²) in [6.07, 6.45) is 0. The highest BCUT2D eigenvalue weighted by molar-refractivity contribution is 5.85. The SMILES string of the molecule is CC(Nc1ccc(C(=O)O)nn1)c1cccc(F)c1. The summed E-state index contributed by atoms with van der Waals surface area (Å²) in [4.78, 5) is 10.6. The van der Waals surface area contributed by atoms with E-state index in [0.29, 0.717) is 5.82 Å². The highest BCUT2D eigenvalue weighted by Crippen LogP contribution is 2.18. The highest BCUT2D eigenvalue weighted by atomic mass is 19.1. The maximum absolute atomic E-state index is 13.1. The largest absolute Gasteiger partial charge is 0.476 e. The van der Waals surface area contributed by atoms with E-state index in [9.17, 15) is 9.18 Å². The van der Waals surface area contributed by atoms with Crippen LogP contribution in [0, 0.1) is 5.82 Å². The maximum Gasteiger partial charge on any atom is 0.356 e. The van der Waals surface area contributed by atoms with E-state index in [0.717, 1.165) is 5.56 Å². The molecule has 0 fully saturated rings. The van der Waals surface area contributed by atoms with Crippen molar-refractivity contribution in [2.75, 3.05) is 5.32 Å². The van der Waals surface area contributed by atoms with Crippen molar-refractivity contribution in [1.29, 1.82) is 0 Å². The number of benzene rings is 1. The number of halogens is 1. The predicted octanol–water partition coefficient (Wildman–Crippen LogP) is 2.49. The van der Waals surface area contributed by atoms with E-state index in [4.69, 9.17) is 5.11 Å². The molecule has 0 aliphatic rings. The Kier molecular flexibility index (Phi) is 3.70. The first-order chi connectivity index (χ1) is 9.06. The fourth-order valence-electron chi connectivity index (χ4n) is 1.60. The lowest BCUT2D eigenvalue weighted by atomic mass is 10.1. The summed E-state index contributed by atoms with van der Waals surface area (Å²) in [6, 6.07) is 8.93. The van der Waals surface area contributed by atoms with Gasteiger partial charge in [0.15, 0.2) is 5.69 Å². The fourth-order valence-corrected chi connectivity index (χ4v) is 1.60. The Balaban J connectivity index is 2.10. The molecule has 0 aliphatic carbocycles. The van der Waals surface area contributed by atoms with E-state index in [2.05, 4.69) is 15.5 Å². The number of hydrogen-bond donors (Lipinski definition) is 2.